The minimum Gasteiger partial charge on any atom is -0.361 e. The third kappa shape index (κ3) is 2.72. The summed E-state index contributed by atoms with van der Waals surface area (Å²) >= 11 is 6.21. The molecule has 0 aliphatic heterocycles. The summed E-state index contributed by atoms with van der Waals surface area (Å²) in [7, 11) is 0. The molecule has 0 saturated heterocycles. The zero-order chi connectivity index (χ0) is 18.4. The third-order valence-corrected chi connectivity index (χ3v) is 4.94. The van der Waals surface area contributed by atoms with E-state index in [2.05, 4.69) is 15.1 Å². The number of hydrogen-bond acceptors (Lipinski definition) is 4. The van der Waals surface area contributed by atoms with E-state index in [1.165, 1.54) is 0 Å². The number of aryl methyl sites for hydroxylation is 3. The summed E-state index contributed by atoms with van der Waals surface area (Å²) in [5, 5.41) is 4.68. The molecule has 3 aromatic heterocycles. The standard InChI is InChI=1S/C19H17ClN4O2/c1-10-4-5-13(6-15(10)20)9-24-16-7-14(8-21-18(16)22-19(24)25)17-11(2)23-26-12(17)3/h4-8H,9H2,1-3H3,(H,21,22,25). The molecule has 0 unspecified atom stereocenters. The molecule has 132 valence electrons. The Hall–Kier alpha value is -2.86. The number of fused-ring (bicyclic) bond motifs is 1. The van der Waals surface area contributed by atoms with Gasteiger partial charge in [-0.25, -0.2) is 9.78 Å². The molecular formula is C19H17ClN4O2. The van der Waals surface area contributed by atoms with Crippen LogP contribution in [0.25, 0.3) is 22.3 Å². The Morgan fingerprint density at radius 3 is 2.73 bits per heavy atom. The first-order valence-electron chi connectivity index (χ1n) is 8.21. The maximum Gasteiger partial charge on any atom is 0.327 e. The molecule has 3 heterocycles. The zero-order valence-corrected chi connectivity index (χ0v) is 15.4. The second kappa shape index (κ2) is 6.14. The van der Waals surface area contributed by atoms with Crippen molar-refractivity contribution in [3.63, 3.8) is 0 Å². The van der Waals surface area contributed by atoms with E-state index in [0.29, 0.717) is 17.2 Å². The van der Waals surface area contributed by atoms with Crippen molar-refractivity contribution < 1.29 is 4.52 Å². The maximum atomic E-state index is 12.4. The van der Waals surface area contributed by atoms with Crippen LogP contribution in [0.2, 0.25) is 5.02 Å². The Morgan fingerprint density at radius 2 is 2.04 bits per heavy atom. The minimum absolute atomic E-state index is 0.208. The van der Waals surface area contributed by atoms with Crippen LogP contribution >= 0.6 is 11.6 Å². The summed E-state index contributed by atoms with van der Waals surface area (Å²) < 4.78 is 6.91. The van der Waals surface area contributed by atoms with Crippen molar-refractivity contribution >= 4 is 22.8 Å². The number of rotatable bonds is 3. The molecule has 0 aliphatic rings. The third-order valence-electron chi connectivity index (χ3n) is 4.53. The number of nitrogens with zero attached hydrogens (tertiary/aromatic N) is 3. The van der Waals surface area contributed by atoms with Gasteiger partial charge in [-0.1, -0.05) is 28.9 Å². The summed E-state index contributed by atoms with van der Waals surface area (Å²) in [4.78, 5) is 19.6. The lowest BCUT2D eigenvalue weighted by Crippen LogP contribution is -2.17. The fraction of sp³-hybridized carbons (Fsp3) is 0.211. The molecule has 6 nitrogen and oxygen atoms in total. The van der Waals surface area contributed by atoms with Crippen LogP contribution in [0.4, 0.5) is 0 Å². The van der Waals surface area contributed by atoms with Gasteiger partial charge in [0, 0.05) is 22.3 Å². The largest absolute Gasteiger partial charge is 0.361 e. The Bertz CT molecular complexity index is 1170. The van der Waals surface area contributed by atoms with Gasteiger partial charge in [-0.15, -0.1) is 0 Å². The molecule has 4 rings (SSSR count). The number of H-pyrrole nitrogens is 1. The number of aromatic amines is 1. The Kier molecular flexibility index (Phi) is 3.92. The lowest BCUT2D eigenvalue weighted by atomic mass is 10.1. The summed E-state index contributed by atoms with van der Waals surface area (Å²) in [6.45, 7) is 6.10. The van der Waals surface area contributed by atoms with Gasteiger partial charge in [0.25, 0.3) is 0 Å². The molecule has 26 heavy (non-hydrogen) atoms. The average molecular weight is 369 g/mol. The highest BCUT2D eigenvalue weighted by atomic mass is 35.5. The highest BCUT2D eigenvalue weighted by Crippen LogP contribution is 2.28. The predicted molar refractivity (Wildman–Crippen MR) is 101 cm³/mol. The van der Waals surface area contributed by atoms with Crippen molar-refractivity contribution in [2.24, 2.45) is 0 Å². The van der Waals surface area contributed by atoms with Crippen LogP contribution < -0.4 is 5.69 Å². The molecule has 4 aromatic rings. The van der Waals surface area contributed by atoms with Crippen LogP contribution in [0.5, 0.6) is 0 Å². The van der Waals surface area contributed by atoms with Crippen molar-refractivity contribution in [3.8, 4) is 11.1 Å². The van der Waals surface area contributed by atoms with Gasteiger partial charge in [0.15, 0.2) is 5.65 Å². The van der Waals surface area contributed by atoms with Crippen molar-refractivity contribution in [3.05, 3.63) is 68.6 Å². The van der Waals surface area contributed by atoms with Crippen molar-refractivity contribution in [1.82, 2.24) is 19.7 Å². The summed E-state index contributed by atoms with van der Waals surface area (Å²) in [6.07, 6.45) is 1.72. The predicted octanol–water partition coefficient (Wildman–Crippen LogP) is 4.01. The van der Waals surface area contributed by atoms with Crippen LogP contribution in [-0.2, 0) is 6.54 Å². The van der Waals surface area contributed by atoms with Crippen molar-refractivity contribution in [2.75, 3.05) is 0 Å². The fourth-order valence-corrected chi connectivity index (χ4v) is 3.34. The molecule has 0 amide bonds. The van der Waals surface area contributed by atoms with Gasteiger partial charge in [0.1, 0.15) is 5.76 Å². The van der Waals surface area contributed by atoms with Crippen LogP contribution in [0, 0.1) is 20.8 Å². The van der Waals surface area contributed by atoms with E-state index in [4.69, 9.17) is 16.1 Å². The van der Waals surface area contributed by atoms with E-state index < -0.39 is 0 Å². The Labute approximate surface area is 154 Å². The van der Waals surface area contributed by atoms with Gasteiger partial charge in [-0.05, 0) is 44.0 Å². The number of halogens is 1. The lowest BCUT2D eigenvalue weighted by molar-refractivity contribution is 0.393. The molecule has 0 atom stereocenters. The van der Waals surface area contributed by atoms with Crippen LogP contribution in [0.15, 0.2) is 39.8 Å². The SMILES string of the molecule is Cc1ccc(Cn2c(=O)[nH]c3ncc(-c4c(C)noc4C)cc32)cc1Cl. The summed E-state index contributed by atoms with van der Waals surface area (Å²) in [6, 6.07) is 7.74. The van der Waals surface area contributed by atoms with Gasteiger partial charge in [-0.3, -0.25) is 9.55 Å². The van der Waals surface area contributed by atoms with E-state index in [1.807, 2.05) is 45.0 Å². The van der Waals surface area contributed by atoms with E-state index in [9.17, 15) is 4.79 Å². The Morgan fingerprint density at radius 1 is 1.23 bits per heavy atom. The minimum atomic E-state index is -0.208. The highest BCUT2D eigenvalue weighted by Gasteiger charge is 2.15. The molecule has 7 heteroatoms. The second-order valence-electron chi connectivity index (χ2n) is 6.39. The monoisotopic (exact) mass is 368 g/mol. The van der Waals surface area contributed by atoms with Gasteiger partial charge < -0.3 is 4.52 Å². The van der Waals surface area contributed by atoms with E-state index in [-0.39, 0.29) is 5.69 Å². The Balaban J connectivity index is 1.84. The number of pyridine rings is 1. The first-order valence-corrected chi connectivity index (χ1v) is 8.58. The number of benzene rings is 1. The molecule has 0 fully saturated rings. The second-order valence-corrected chi connectivity index (χ2v) is 6.80. The number of imidazole rings is 1. The van der Waals surface area contributed by atoms with Crippen LogP contribution in [0.1, 0.15) is 22.6 Å². The topological polar surface area (TPSA) is 76.7 Å². The van der Waals surface area contributed by atoms with Crippen molar-refractivity contribution in [1.29, 1.82) is 0 Å². The van der Waals surface area contributed by atoms with Crippen molar-refractivity contribution in [2.45, 2.75) is 27.3 Å². The number of aromatic nitrogens is 4. The van der Waals surface area contributed by atoms with Gasteiger partial charge in [-0.2, -0.15) is 0 Å². The molecule has 0 aliphatic carbocycles. The summed E-state index contributed by atoms with van der Waals surface area (Å²) in [5.74, 6) is 0.721. The summed E-state index contributed by atoms with van der Waals surface area (Å²) in [5.41, 5.74) is 5.57. The number of hydrogen-bond donors (Lipinski definition) is 1. The number of nitrogens with one attached hydrogen (secondary N) is 1. The smallest absolute Gasteiger partial charge is 0.327 e. The van der Waals surface area contributed by atoms with Gasteiger partial charge in [0.05, 0.1) is 17.8 Å². The molecular weight excluding hydrogens is 352 g/mol. The first-order chi connectivity index (χ1) is 12.4. The molecule has 0 bridgehead atoms. The van der Waals surface area contributed by atoms with E-state index >= 15 is 0 Å². The molecule has 0 saturated carbocycles. The zero-order valence-electron chi connectivity index (χ0n) is 14.6. The molecule has 0 radical (unpaired) electrons. The molecule has 0 spiro atoms. The van der Waals surface area contributed by atoms with Crippen LogP contribution in [-0.4, -0.2) is 19.7 Å². The van der Waals surface area contributed by atoms with Gasteiger partial charge >= 0.3 is 5.69 Å². The maximum absolute atomic E-state index is 12.4. The highest BCUT2D eigenvalue weighted by molar-refractivity contribution is 6.31. The quantitative estimate of drug-likeness (QED) is 0.592. The lowest BCUT2D eigenvalue weighted by Gasteiger charge is -2.07. The fourth-order valence-electron chi connectivity index (χ4n) is 3.14. The first kappa shape index (κ1) is 16.6. The van der Waals surface area contributed by atoms with E-state index in [1.54, 1.807) is 10.8 Å². The van der Waals surface area contributed by atoms with Gasteiger partial charge in [0.2, 0.25) is 0 Å². The average Bonchev–Trinajstić information content (AvgIpc) is 3.10. The normalized spacial score (nSPS) is 11.4. The van der Waals surface area contributed by atoms with Crippen LogP contribution in [0.3, 0.4) is 0 Å². The molecule has 1 aromatic carbocycles. The van der Waals surface area contributed by atoms with E-state index in [0.717, 1.165) is 39.2 Å². The molecule has 1 N–H and O–H groups in total.